The molecule has 2 aromatic heterocycles. The topological polar surface area (TPSA) is 64.3 Å². The maximum atomic E-state index is 12.7. The van der Waals surface area contributed by atoms with Crippen LogP contribution in [0.5, 0.6) is 0 Å². The number of carbonyl (C=O) groups excluding carboxylic acids is 1. The van der Waals surface area contributed by atoms with Gasteiger partial charge in [0.1, 0.15) is 5.82 Å². The van der Waals surface area contributed by atoms with Gasteiger partial charge in [-0.1, -0.05) is 31.2 Å². The summed E-state index contributed by atoms with van der Waals surface area (Å²) < 4.78 is 0. The Kier molecular flexibility index (Phi) is 6.50. The highest BCUT2D eigenvalue weighted by molar-refractivity contribution is 7.18. The number of aromatic nitrogens is 2. The SMILES string of the molecule is Cc1cccc2[nH]c(-c3ccc(-c4ccc(NC(=O)C(C)CN5CCN(C)CC5)cc4)s3)nc12. The number of benzene rings is 2. The average molecular weight is 474 g/mol. The Morgan fingerprint density at radius 1 is 1.06 bits per heavy atom. The van der Waals surface area contributed by atoms with E-state index in [2.05, 4.69) is 70.5 Å². The number of nitrogens with zero attached hydrogens (tertiary/aromatic N) is 3. The molecule has 6 nitrogen and oxygen atoms in total. The molecular formula is C27H31N5OS. The minimum atomic E-state index is -0.0459. The van der Waals surface area contributed by atoms with Crippen LogP contribution >= 0.6 is 11.3 Å². The molecule has 176 valence electrons. The number of hydrogen-bond acceptors (Lipinski definition) is 5. The minimum Gasteiger partial charge on any atom is -0.337 e. The van der Waals surface area contributed by atoms with Gasteiger partial charge in [-0.25, -0.2) is 4.98 Å². The number of para-hydroxylation sites is 1. The van der Waals surface area contributed by atoms with Crippen molar-refractivity contribution in [2.24, 2.45) is 5.92 Å². The molecule has 1 aliphatic rings. The fourth-order valence-electron chi connectivity index (χ4n) is 4.40. The molecule has 0 bridgehead atoms. The van der Waals surface area contributed by atoms with E-state index in [1.54, 1.807) is 11.3 Å². The smallest absolute Gasteiger partial charge is 0.228 e. The van der Waals surface area contributed by atoms with Gasteiger partial charge in [-0.15, -0.1) is 11.3 Å². The third-order valence-electron chi connectivity index (χ3n) is 6.57. The maximum absolute atomic E-state index is 12.7. The average Bonchev–Trinajstić information content (AvgIpc) is 3.49. The van der Waals surface area contributed by atoms with E-state index < -0.39 is 0 Å². The number of rotatable bonds is 6. The molecule has 1 unspecified atom stereocenters. The van der Waals surface area contributed by atoms with Crippen molar-refractivity contribution in [3.05, 3.63) is 60.2 Å². The Morgan fingerprint density at radius 2 is 1.79 bits per heavy atom. The Bertz CT molecular complexity index is 1280. The minimum absolute atomic E-state index is 0.0459. The number of aryl methyl sites for hydroxylation is 1. The largest absolute Gasteiger partial charge is 0.337 e. The number of aromatic amines is 1. The van der Waals surface area contributed by atoms with Gasteiger partial charge < -0.3 is 20.1 Å². The van der Waals surface area contributed by atoms with Gasteiger partial charge in [-0.05, 0) is 55.4 Å². The zero-order valence-electron chi connectivity index (χ0n) is 20.0. The van der Waals surface area contributed by atoms with E-state index >= 15 is 0 Å². The van der Waals surface area contributed by atoms with Crippen molar-refractivity contribution in [3.63, 3.8) is 0 Å². The lowest BCUT2D eigenvalue weighted by atomic mass is 10.1. The van der Waals surface area contributed by atoms with E-state index in [1.807, 2.05) is 25.1 Å². The van der Waals surface area contributed by atoms with Crippen LogP contribution in [0.2, 0.25) is 0 Å². The van der Waals surface area contributed by atoms with Crippen LogP contribution in [-0.2, 0) is 4.79 Å². The summed E-state index contributed by atoms with van der Waals surface area (Å²) in [7, 11) is 2.15. The number of carbonyl (C=O) groups is 1. The molecule has 0 saturated carbocycles. The van der Waals surface area contributed by atoms with Gasteiger partial charge >= 0.3 is 0 Å². The van der Waals surface area contributed by atoms with Crippen LogP contribution < -0.4 is 5.32 Å². The highest BCUT2D eigenvalue weighted by Gasteiger charge is 2.20. The van der Waals surface area contributed by atoms with Crippen molar-refractivity contribution in [2.75, 3.05) is 45.1 Å². The number of hydrogen-bond donors (Lipinski definition) is 2. The molecule has 2 aromatic carbocycles. The molecule has 4 aromatic rings. The monoisotopic (exact) mass is 473 g/mol. The van der Waals surface area contributed by atoms with Gasteiger partial charge in [0, 0.05) is 49.2 Å². The zero-order chi connectivity index (χ0) is 23.7. The predicted octanol–water partition coefficient (Wildman–Crippen LogP) is 5.09. The molecule has 0 aliphatic carbocycles. The molecule has 1 saturated heterocycles. The van der Waals surface area contributed by atoms with Crippen molar-refractivity contribution in [2.45, 2.75) is 13.8 Å². The van der Waals surface area contributed by atoms with Gasteiger partial charge in [0.2, 0.25) is 5.91 Å². The molecule has 0 radical (unpaired) electrons. The molecule has 3 heterocycles. The van der Waals surface area contributed by atoms with E-state index in [0.29, 0.717) is 0 Å². The van der Waals surface area contributed by atoms with Crippen LogP contribution in [-0.4, -0.2) is 65.4 Å². The van der Waals surface area contributed by atoms with E-state index in [-0.39, 0.29) is 11.8 Å². The second-order valence-corrected chi connectivity index (χ2v) is 10.4. The number of amides is 1. The summed E-state index contributed by atoms with van der Waals surface area (Å²) in [5.41, 5.74) is 5.23. The van der Waals surface area contributed by atoms with Gasteiger partial charge in [0.05, 0.1) is 15.9 Å². The molecule has 1 aliphatic heterocycles. The normalized spacial score (nSPS) is 16.1. The van der Waals surface area contributed by atoms with Gasteiger partial charge in [-0.3, -0.25) is 4.79 Å². The van der Waals surface area contributed by atoms with E-state index in [4.69, 9.17) is 4.98 Å². The molecule has 7 heteroatoms. The van der Waals surface area contributed by atoms with Crippen molar-refractivity contribution in [1.29, 1.82) is 0 Å². The summed E-state index contributed by atoms with van der Waals surface area (Å²) in [6.45, 7) is 9.08. The number of nitrogens with one attached hydrogen (secondary N) is 2. The highest BCUT2D eigenvalue weighted by atomic mass is 32.1. The maximum Gasteiger partial charge on any atom is 0.228 e. The summed E-state index contributed by atoms with van der Waals surface area (Å²) in [5, 5.41) is 3.08. The second kappa shape index (κ2) is 9.70. The van der Waals surface area contributed by atoms with Crippen LogP contribution in [0.1, 0.15) is 12.5 Å². The van der Waals surface area contributed by atoms with Gasteiger partial charge in [0.25, 0.3) is 0 Å². The summed E-state index contributed by atoms with van der Waals surface area (Å²) >= 11 is 1.71. The van der Waals surface area contributed by atoms with Crippen molar-refractivity contribution in [3.8, 4) is 21.1 Å². The van der Waals surface area contributed by atoms with Crippen LogP contribution in [0.4, 0.5) is 5.69 Å². The molecule has 34 heavy (non-hydrogen) atoms. The van der Waals surface area contributed by atoms with Crippen LogP contribution in [0, 0.1) is 12.8 Å². The first kappa shape index (κ1) is 22.8. The Labute approximate surface area is 204 Å². The van der Waals surface area contributed by atoms with Gasteiger partial charge in [-0.2, -0.15) is 0 Å². The molecule has 0 spiro atoms. The third-order valence-corrected chi connectivity index (χ3v) is 7.71. The molecular weight excluding hydrogens is 442 g/mol. The van der Waals surface area contributed by atoms with E-state index in [1.165, 1.54) is 10.4 Å². The van der Waals surface area contributed by atoms with Crippen molar-refractivity contribution < 1.29 is 4.79 Å². The number of thiophene rings is 1. The summed E-state index contributed by atoms with van der Waals surface area (Å²) in [6.07, 6.45) is 0. The lowest BCUT2D eigenvalue weighted by Gasteiger charge is -2.33. The lowest BCUT2D eigenvalue weighted by Crippen LogP contribution is -2.47. The first-order chi connectivity index (χ1) is 16.5. The number of piperazine rings is 1. The standard InChI is InChI=1S/C27H31N5OS/c1-18-5-4-6-22-25(18)30-26(29-22)24-12-11-23(34-24)20-7-9-21(10-8-20)28-27(33)19(2)17-32-15-13-31(3)14-16-32/h4-12,19H,13-17H2,1-3H3,(H,28,33)(H,29,30). The number of imidazole rings is 1. The fraction of sp³-hybridized carbons (Fsp3) is 0.333. The summed E-state index contributed by atoms with van der Waals surface area (Å²) in [5.74, 6) is 0.930. The fourth-order valence-corrected chi connectivity index (χ4v) is 5.35. The molecule has 2 N–H and O–H groups in total. The highest BCUT2D eigenvalue weighted by Crippen LogP contribution is 2.34. The summed E-state index contributed by atoms with van der Waals surface area (Å²) in [6, 6.07) is 18.5. The number of fused-ring (bicyclic) bond motifs is 1. The van der Waals surface area contributed by atoms with Crippen LogP contribution in [0.15, 0.2) is 54.6 Å². The number of likely N-dealkylation sites (N-methyl/N-ethyl adjacent to an activating group) is 1. The second-order valence-electron chi connectivity index (χ2n) is 9.29. The molecule has 1 amide bonds. The lowest BCUT2D eigenvalue weighted by molar-refractivity contribution is -0.120. The Hall–Kier alpha value is -3.00. The van der Waals surface area contributed by atoms with Gasteiger partial charge in [0.15, 0.2) is 0 Å². The number of anilines is 1. The zero-order valence-corrected chi connectivity index (χ0v) is 20.8. The first-order valence-corrected chi connectivity index (χ1v) is 12.7. The Balaban J connectivity index is 1.22. The predicted molar refractivity (Wildman–Crippen MR) is 141 cm³/mol. The van der Waals surface area contributed by atoms with Crippen molar-refractivity contribution >= 4 is 34.0 Å². The summed E-state index contributed by atoms with van der Waals surface area (Å²) in [4.78, 5) is 27.9. The quantitative estimate of drug-likeness (QED) is 0.410. The molecule has 1 atom stereocenters. The Morgan fingerprint density at radius 3 is 2.53 bits per heavy atom. The molecule has 5 rings (SSSR count). The van der Waals surface area contributed by atoms with Crippen molar-refractivity contribution in [1.82, 2.24) is 19.8 Å². The third kappa shape index (κ3) is 4.92. The number of H-pyrrole nitrogens is 1. The van der Waals surface area contributed by atoms with Crippen LogP contribution in [0.3, 0.4) is 0 Å². The van der Waals surface area contributed by atoms with E-state index in [9.17, 15) is 4.79 Å². The molecule has 1 fully saturated rings. The first-order valence-electron chi connectivity index (χ1n) is 11.8. The van der Waals surface area contributed by atoms with Crippen LogP contribution in [0.25, 0.3) is 32.2 Å². The van der Waals surface area contributed by atoms with E-state index in [0.717, 1.165) is 65.7 Å².